The number of rotatable bonds is 2. The van der Waals surface area contributed by atoms with E-state index in [-0.39, 0.29) is 17.1 Å². The molecule has 0 aromatic carbocycles. The van der Waals surface area contributed by atoms with Crippen molar-refractivity contribution in [2.45, 2.75) is 70.0 Å². The summed E-state index contributed by atoms with van der Waals surface area (Å²) in [6, 6.07) is 0. The molecule has 0 saturated heterocycles. The van der Waals surface area contributed by atoms with E-state index in [9.17, 15) is 5.21 Å². The fourth-order valence-corrected chi connectivity index (χ4v) is 3.50. The quantitative estimate of drug-likeness (QED) is 0.770. The summed E-state index contributed by atoms with van der Waals surface area (Å²) in [6.07, 6.45) is 5.29. The summed E-state index contributed by atoms with van der Waals surface area (Å²) in [6.45, 7) is 6.15. The van der Waals surface area contributed by atoms with Gasteiger partial charge < -0.3 is 5.21 Å². The van der Waals surface area contributed by atoms with E-state index in [0.29, 0.717) is 5.92 Å². The molecule has 1 aliphatic heterocycles. The molecule has 1 fully saturated rings. The molecule has 2 aliphatic rings. The van der Waals surface area contributed by atoms with Crippen LogP contribution in [0.25, 0.3) is 0 Å². The lowest BCUT2D eigenvalue weighted by Gasteiger charge is -2.36. The minimum atomic E-state index is -0.340. The van der Waals surface area contributed by atoms with Crippen molar-refractivity contribution >= 4 is 17.3 Å². The van der Waals surface area contributed by atoms with Crippen molar-refractivity contribution in [3.63, 3.8) is 0 Å². The summed E-state index contributed by atoms with van der Waals surface area (Å²) >= 11 is 6.41. The Kier molecular flexibility index (Phi) is 3.81. The van der Waals surface area contributed by atoms with Gasteiger partial charge in [-0.1, -0.05) is 19.8 Å². The number of hydroxylamine groups is 2. The van der Waals surface area contributed by atoms with Crippen LogP contribution in [0, 0.1) is 5.92 Å². The molecule has 98 valence electrons. The lowest BCUT2D eigenvalue weighted by molar-refractivity contribution is -0.172. The molecule has 2 rings (SSSR count). The predicted molar refractivity (Wildman–Crippen MR) is 70.8 cm³/mol. The molecule has 0 radical (unpaired) electrons. The third-order valence-corrected chi connectivity index (χ3v) is 4.81. The fraction of sp³-hybridized carbons (Fsp3) is 0.923. The number of hydrogen-bond donors (Lipinski definition) is 1. The first-order valence-corrected chi connectivity index (χ1v) is 7.11. The van der Waals surface area contributed by atoms with E-state index in [0.717, 1.165) is 25.0 Å². The van der Waals surface area contributed by atoms with Gasteiger partial charge in [0.15, 0.2) is 0 Å². The van der Waals surface area contributed by atoms with Crippen LogP contribution in [0.2, 0.25) is 0 Å². The Morgan fingerprint density at radius 2 is 2.06 bits per heavy atom. The Morgan fingerprint density at radius 3 is 2.59 bits per heavy atom. The van der Waals surface area contributed by atoms with Gasteiger partial charge in [-0.2, -0.15) is 5.06 Å². The molecule has 0 amide bonds. The molecule has 0 aromatic heterocycles. The average molecular weight is 259 g/mol. The molecule has 0 spiro atoms. The third kappa shape index (κ3) is 2.25. The molecule has 4 heteroatoms. The van der Waals surface area contributed by atoms with Crippen molar-refractivity contribution in [3.05, 3.63) is 0 Å². The van der Waals surface area contributed by atoms with E-state index in [1.165, 1.54) is 17.9 Å². The third-order valence-electron chi connectivity index (χ3n) is 4.27. The SMILES string of the molecule is CCC1=N[C@H](C2CCCCC2Cl)N(O)C1(C)C. The van der Waals surface area contributed by atoms with E-state index in [1.807, 2.05) is 13.8 Å². The van der Waals surface area contributed by atoms with Crippen LogP contribution in [0.4, 0.5) is 0 Å². The predicted octanol–water partition coefficient (Wildman–Crippen LogP) is 3.44. The van der Waals surface area contributed by atoms with Crippen molar-refractivity contribution < 1.29 is 5.21 Å². The Labute approximate surface area is 109 Å². The van der Waals surface area contributed by atoms with E-state index >= 15 is 0 Å². The zero-order chi connectivity index (χ0) is 12.6. The highest BCUT2D eigenvalue weighted by atomic mass is 35.5. The van der Waals surface area contributed by atoms with Gasteiger partial charge in [-0.15, -0.1) is 11.6 Å². The second kappa shape index (κ2) is 4.87. The monoisotopic (exact) mass is 258 g/mol. The lowest BCUT2D eigenvalue weighted by atomic mass is 9.86. The van der Waals surface area contributed by atoms with E-state index < -0.39 is 0 Å². The summed E-state index contributed by atoms with van der Waals surface area (Å²) in [5.74, 6) is 0.291. The highest BCUT2D eigenvalue weighted by Crippen LogP contribution is 2.39. The van der Waals surface area contributed by atoms with E-state index in [4.69, 9.17) is 16.6 Å². The molecule has 1 N–H and O–H groups in total. The summed E-state index contributed by atoms with van der Waals surface area (Å²) in [5, 5.41) is 11.9. The Hall–Kier alpha value is -0.120. The largest absolute Gasteiger partial charge is 0.311 e. The topological polar surface area (TPSA) is 35.8 Å². The second-order valence-corrected chi connectivity index (χ2v) is 6.27. The van der Waals surface area contributed by atoms with Gasteiger partial charge in [0, 0.05) is 17.0 Å². The van der Waals surface area contributed by atoms with Crippen molar-refractivity contribution in [3.8, 4) is 0 Å². The van der Waals surface area contributed by atoms with Crippen LogP contribution in [0.5, 0.6) is 0 Å². The fourth-order valence-electron chi connectivity index (χ4n) is 3.09. The molecule has 2 unspecified atom stereocenters. The maximum atomic E-state index is 10.3. The Balaban J connectivity index is 2.19. The van der Waals surface area contributed by atoms with Gasteiger partial charge in [0.05, 0.1) is 5.54 Å². The number of alkyl halides is 1. The highest BCUT2D eigenvalue weighted by molar-refractivity contribution is 6.20. The zero-order valence-electron chi connectivity index (χ0n) is 11.0. The van der Waals surface area contributed by atoms with Gasteiger partial charge in [-0.05, 0) is 33.1 Å². The minimum Gasteiger partial charge on any atom is -0.311 e. The summed E-state index contributed by atoms with van der Waals surface area (Å²) in [5.41, 5.74) is 0.743. The molecular weight excluding hydrogens is 236 g/mol. The van der Waals surface area contributed by atoms with Crippen molar-refractivity contribution in [1.29, 1.82) is 0 Å². The first-order valence-electron chi connectivity index (χ1n) is 6.68. The summed E-state index contributed by atoms with van der Waals surface area (Å²) < 4.78 is 0. The smallest absolute Gasteiger partial charge is 0.130 e. The van der Waals surface area contributed by atoms with Gasteiger partial charge >= 0.3 is 0 Å². The van der Waals surface area contributed by atoms with Gasteiger partial charge in [0.1, 0.15) is 6.17 Å². The van der Waals surface area contributed by atoms with E-state index in [2.05, 4.69) is 6.92 Å². The van der Waals surface area contributed by atoms with E-state index in [1.54, 1.807) is 0 Å². The summed E-state index contributed by atoms with van der Waals surface area (Å²) in [4.78, 5) is 4.72. The molecule has 1 saturated carbocycles. The Morgan fingerprint density at radius 1 is 1.41 bits per heavy atom. The lowest BCUT2D eigenvalue weighted by Crippen LogP contribution is -2.49. The van der Waals surface area contributed by atoms with Crippen molar-refractivity contribution in [2.24, 2.45) is 10.9 Å². The van der Waals surface area contributed by atoms with Gasteiger partial charge in [-0.3, -0.25) is 4.99 Å². The number of aliphatic imine (C=N–C) groups is 1. The summed E-state index contributed by atoms with van der Waals surface area (Å²) in [7, 11) is 0. The first kappa shape index (κ1) is 13.3. The maximum Gasteiger partial charge on any atom is 0.130 e. The zero-order valence-corrected chi connectivity index (χ0v) is 11.7. The molecule has 1 heterocycles. The number of halogens is 1. The van der Waals surface area contributed by atoms with Crippen LogP contribution in [0.15, 0.2) is 4.99 Å². The van der Waals surface area contributed by atoms with Crippen LogP contribution in [0.1, 0.15) is 52.9 Å². The van der Waals surface area contributed by atoms with Gasteiger partial charge in [0.2, 0.25) is 0 Å². The highest BCUT2D eigenvalue weighted by Gasteiger charge is 2.46. The number of hydrogen-bond acceptors (Lipinski definition) is 3. The molecule has 3 nitrogen and oxygen atoms in total. The van der Waals surface area contributed by atoms with Gasteiger partial charge in [0.25, 0.3) is 0 Å². The first-order chi connectivity index (χ1) is 7.98. The minimum absolute atomic E-state index is 0.136. The maximum absolute atomic E-state index is 10.3. The van der Waals surface area contributed by atoms with Crippen LogP contribution < -0.4 is 0 Å². The van der Waals surface area contributed by atoms with Gasteiger partial charge in [-0.25, -0.2) is 0 Å². The number of nitrogens with zero attached hydrogens (tertiary/aromatic N) is 2. The van der Waals surface area contributed by atoms with Crippen LogP contribution in [0.3, 0.4) is 0 Å². The molecular formula is C13H23ClN2O. The molecule has 0 aromatic rings. The standard InChI is InChI=1S/C13H23ClN2O/c1-4-11-13(2,3)16(17)12(15-11)9-7-5-6-8-10(9)14/h9-10,12,17H,4-8H2,1-3H3/t9?,10?,12-/m0/s1. The van der Waals surface area contributed by atoms with Crippen LogP contribution >= 0.6 is 11.6 Å². The Bertz CT molecular complexity index is 317. The molecule has 1 aliphatic carbocycles. The van der Waals surface area contributed by atoms with Crippen molar-refractivity contribution in [1.82, 2.24) is 5.06 Å². The van der Waals surface area contributed by atoms with Crippen LogP contribution in [-0.2, 0) is 0 Å². The van der Waals surface area contributed by atoms with Crippen LogP contribution in [-0.4, -0.2) is 33.1 Å². The molecule has 3 atom stereocenters. The normalized spacial score (nSPS) is 38.2. The molecule has 17 heavy (non-hydrogen) atoms. The average Bonchev–Trinajstić information content (AvgIpc) is 2.52. The second-order valence-electron chi connectivity index (χ2n) is 5.71. The molecule has 0 bridgehead atoms. The van der Waals surface area contributed by atoms with Crippen molar-refractivity contribution in [2.75, 3.05) is 0 Å².